The van der Waals surface area contributed by atoms with Gasteiger partial charge in [0, 0.05) is 38.8 Å². The van der Waals surface area contributed by atoms with Crippen LogP contribution < -0.4 is 4.90 Å². The third-order valence-electron chi connectivity index (χ3n) is 4.74. The van der Waals surface area contributed by atoms with Gasteiger partial charge in [-0.25, -0.2) is 0 Å². The molecule has 2 heterocycles. The van der Waals surface area contributed by atoms with E-state index in [9.17, 15) is 10.1 Å². The Labute approximate surface area is 137 Å². The maximum Gasteiger partial charge on any atom is 0.292 e. The van der Waals surface area contributed by atoms with Gasteiger partial charge in [0.25, 0.3) is 5.69 Å². The molecule has 126 valence electrons. The summed E-state index contributed by atoms with van der Waals surface area (Å²) in [5, 5.41) is 11.4. The monoisotopic (exact) mass is 319 g/mol. The van der Waals surface area contributed by atoms with Crippen LogP contribution in [0, 0.1) is 16.0 Å². The van der Waals surface area contributed by atoms with E-state index in [1.165, 1.54) is 6.42 Å². The molecule has 6 nitrogen and oxygen atoms in total. The highest BCUT2D eigenvalue weighted by Gasteiger charge is 2.24. The van der Waals surface area contributed by atoms with Crippen molar-refractivity contribution >= 4 is 11.4 Å². The van der Waals surface area contributed by atoms with E-state index < -0.39 is 0 Å². The number of benzene rings is 1. The highest BCUT2D eigenvalue weighted by Crippen LogP contribution is 2.32. The first-order valence-corrected chi connectivity index (χ1v) is 8.46. The molecule has 0 unspecified atom stereocenters. The molecule has 0 amide bonds. The zero-order chi connectivity index (χ0) is 16.2. The summed E-state index contributed by atoms with van der Waals surface area (Å²) >= 11 is 0. The first-order valence-electron chi connectivity index (χ1n) is 8.46. The molecule has 0 N–H and O–H groups in total. The van der Waals surface area contributed by atoms with Crippen molar-refractivity contribution in [1.82, 2.24) is 4.90 Å². The maximum absolute atomic E-state index is 11.4. The van der Waals surface area contributed by atoms with Crippen LogP contribution >= 0.6 is 0 Å². The lowest BCUT2D eigenvalue weighted by Gasteiger charge is -2.33. The Morgan fingerprint density at radius 2 is 2.09 bits per heavy atom. The fraction of sp³-hybridized carbons (Fsp3) is 0.647. The number of hydrogen-bond acceptors (Lipinski definition) is 5. The molecule has 1 aromatic carbocycles. The van der Waals surface area contributed by atoms with Crippen molar-refractivity contribution in [2.24, 2.45) is 5.92 Å². The Morgan fingerprint density at radius 3 is 2.78 bits per heavy atom. The molecule has 2 fully saturated rings. The molecule has 0 aromatic heterocycles. The molecule has 1 aromatic rings. The van der Waals surface area contributed by atoms with Crippen LogP contribution in [0.25, 0.3) is 0 Å². The molecule has 1 atom stereocenters. The molecule has 0 bridgehead atoms. The fourth-order valence-electron chi connectivity index (χ4n) is 3.50. The van der Waals surface area contributed by atoms with Gasteiger partial charge in [0.05, 0.1) is 18.1 Å². The number of rotatable bonds is 4. The van der Waals surface area contributed by atoms with Crippen LogP contribution in [0.4, 0.5) is 11.4 Å². The first-order chi connectivity index (χ1) is 11.1. The third-order valence-corrected chi connectivity index (χ3v) is 4.74. The summed E-state index contributed by atoms with van der Waals surface area (Å²) in [5.74, 6) is 0.589. The summed E-state index contributed by atoms with van der Waals surface area (Å²) in [6.45, 7) is 8.24. The van der Waals surface area contributed by atoms with Crippen molar-refractivity contribution in [3.05, 3.63) is 33.9 Å². The van der Waals surface area contributed by atoms with Crippen molar-refractivity contribution < 1.29 is 9.66 Å². The molecule has 2 aliphatic heterocycles. The van der Waals surface area contributed by atoms with Gasteiger partial charge in [0.15, 0.2) is 0 Å². The molecular formula is C17H25N3O3. The van der Waals surface area contributed by atoms with Gasteiger partial charge in [-0.05, 0) is 30.4 Å². The molecule has 3 rings (SSSR count). The lowest BCUT2D eigenvalue weighted by Crippen LogP contribution is -2.36. The summed E-state index contributed by atoms with van der Waals surface area (Å²) in [6.07, 6.45) is 2.31. The largest absolute Gasteiger partial charge is 0.379 e. The van der Waals surface area contributed by atoms with E-state index in [2.05, 4.69) is 16.7 Å². The molecule has 23 heavy (non-hydrogen) atoms. The van der Waals surface area contributed by atoms with Gasteiger partial charge >= 0.3 is 0 Å². The van der Waals surface area contributed by atoms with E-state index in [0.29, 0.717) is 5.92 Å². The van der Waals surface area contributed by atoms with E-state index in [4.69, 9.17) is 4.74 Å². The Hall–Kier alpha value is -1.66. The predicted molar refractivity (Wildman–Crippen MR) is 89.8 cm³/mol. The van der Waals surface area contributed by atoms with E-state index in [-0.39, 0.29) is 10.6 Å². The number of nitro benzene ring substituents is 1. The van der Waals surface area contributed by atoms with Crippen LogP contribution in [0.3, 0.4) is 0 Å². The van der Waals surface area contributed by atoms with Crippen LogP contribution in [0.2, 0.25) is 0 Å². The number of piperidine rings is 1. The minimum Gasteiger partial charge on any atom is -0.379 e. The number of nitrogens with zero attached hydrogens (tertiary/aromatic N) is 3. The topological polar surface area (TPSA) is 58.8 Å². The van der Waals surface area contributed by atoms with Crippen LogP contribution in [0.1, 0.15) is 25.3 Å². The molecule has 2 aliphatic rings. The van der Waals surface area contributed by atoms with Crippen molar-refractivity contribution in [3.63, 3.8) is 0 Å². The standard InChI is InChI=1S/C17H25N3O3/c1-14-3-2-6-19(12-14)17-11-15(4-5-16(17)20(21)22)13-18-7-9-23-10-8-18/h4-5,11,14H,2-3,6-10,12-13H2,1H3/t14-/m1/s1. The molecule has 0 radical (unpaired) electrons. The van der Waals surface area contributed by atoms with Crippen molar-refractivity contribution in [2.75, 3.05) is 44.3 Å². The van der Waals surface area contributed by atoms with E-state index in [1.807, 2.05) is 12.1 Å². The second-order valence-corrected chi connectivity index (χ2v) is 6.66. The van der Waals surface area contributed by atoms with Gasteiger partial charge in [0.2, 0.25) is 0 Å². The van der Waals surface area contributed by atoms with Gasteiger partial charge in [-0.1, -0.05) is 13.0 Å². The van der Waals surface area contributed by atoms with Crippen molar-refractivity contribution in [3.8, 4) is 0 Å². The van der Waals surface area contributed by atoms with Gasteiger partial charge in [-0.2, -0.15) is 0 Å². The summed E-state index contributed by atoms with van der Waals surface area (Å²) in [7, 11) is 0. The highest BCUT2D eigenvalue weighted by molar-refractivity contribution is 5.64. The molecule has 6 heteroatoms. The Morgan fingerprint density at radius 1 is 1.30 bits per heavy atom. The van der Waals surface area contributed by atoms with E-state index in [0.717, 1.165) is 63.6 Å². The third kappa shape index (κ3) is 4.00. The molecular weight excluding hydrogens is 294 g/mol. The Bertz CT molecular complexity index is 558. The summed E-state index contributed by atoms with van der Waals surface area (Å²) in [5.41, 5.74) is 2.16. The Balaban J connectivity index is 1.82. The predicted octanol–water partition coefficient (Wildman–Crippen LogP) is 2.66. The number of nitro groups is 1. The number of hydrogen-bond donors (Lipinski definition) is 0. The van der Waals surface area contributed by atoms with Crippen molar-refractivity contribution in [2.45, 2.75) is 26.3 Å². The second kappa shape index (κ2) is 7.27. The van der Waals surface area contributed by atoms with Crippen molar-refractivity contribution in [1.29, 1.82) is 0 Å². The number of anilines is 1. The highest BCUT2D eigenvalue weighted by atomic mass is 16.6. The summed E-state index contributed by atoms with van der Waals surface area (Å²) in [4.78, 5) is 15.7. The fourth-order valence-corrected chi connectivity index (χ4v) is 3.50. The van der Waals surface area contributed by atoms with Crippen LogP contribution in [0.5, 0.6) is 0 Å². The molecule has 0 aliphatic carbocycles. The Kier molecular flexibility index (Phi) is 5.13. The maximum atomic E-state index is 11.4. The summed E-state index contributed by atoms with van der Waals surface area (Å²) < 4.78 is 5.38. The van der Waals surface area contributed by atoms with Crippen LogP contribution in [-0.4, -0.2) is 49.2 Å². The lowest BCUT2D eigenvalue weighted by molar-refractivity contribution is -0.384. The zero-order valence-corrected chi connectivity index (χ0v) is 13.7. The smallest absolute Gasteiger partial charge is 0.292 e. The van der Waals surface area contributed by atoms with Crippen LogP contribution in [0.15, 0.2) is 18.2 Å². The number of ether oxygens (including phenoxy) is 1. The van der Waals surface area contributed by atoms with Gasteiger partial charge in [0.1, 0.15) is 5.69 Å². The molecule has 2 saturated heterocycles. The van der Waals surface area contributed by atoms with Gasteiger partial charge < -0.3 is 9.64 Å². The minimum absolute atomic E-state index is 0.227. The quantitative estimate of drug-likeness (QED) is 0.631. The van der Waals surface area contributed by atoms with E-state index >= 15 is 0 Å². The molecule has 0 saturated carbocycles. The lowest BCUT2D eigenvalue weighted by atomic mass is 9.99. The minimum atomic E-state index is -0.257. The zero-order valence-electron chi connectivity index (χ0n) is 13.7. The number of morpholine rings is 1. The molecule has 0 spiro atoms. The average Bonchev–Trinajstić information content (AvgIpc) is 2.55. The normalized spacial score (nSPS) is 23.0. The van der Waals surface area contributed by atoms with Gasteiger partial charge in [-0.3, -0.25) is 15.0 Å². The summed E-state index contributed by atoms with van der Waals surface area (Å²) in [6, 6.07) is 5.58. The SMILES string of the molecule is C[C@@H]1CCCN(c2cc(CN3CCOCC3)ccc2[N+](=O)[O-])C1. The van der Waals surface area contributed by atoms with Crippen LogP contribution in [-0.2, 0) is 11.3 Å². The second-order valence-electron chi connectivity index (χ2n) is 6.66. The average molecular weight is 319 g/mol. The first kappa shape index (κ1) is 16.2. The van der Waals surface area contributed by atoms with Gasteiger partial charge in [-0.15, -0.1) is 0 Å². The van der Waals surface area contributed by atoms with E-state index in [1.54, 1.807) is 6.07 Å².